The highest BCUT2D eigenvalue weighted by Gasteiger charge is 2.35. The van der Waals surface area contributed by atoms with Crippen LogP contribution in [0, 0.1) is 0 Å². The molecular formula is C7H16N2. The van der Waals surface area contributed by atoms with E-state index >= 15 is 0 Å². The van der Waals surface area contributed by atoms with Gasteiger partial charge < -0.3 is 5.73 Å². The smallest absolute Gasteiger partial charge is 0.0301 e. The normalized spacial score (nSPS) is 35.3. The molecule has 1 heterocycles. The Morgan fingerprint density at radius 2 is 2.11 bits per heavy atom. The molecule has 0 radical (unpaired) electrons. The molecule has 0 aromatic heterocycles. The Hall–Kier alpha value is -0.0800. The molecule has 1 fully saturated rings. The third-order valence-corrected chi connectivity index (χ3v) is 2.67. The van der Waals surface area contributed by atoms with Crippen molar-refractivity contribution in [2.45, 2.75) is 31.8 Å². The second kappa shape index (κ2) is 1.96. The number of rotatable bonds is 0. The van der Waals surface area contributed by atoms with E-state index in [0.29, 0.717) is 6.04 Å². The molecule has 9 heavy (non-hydrogen) atoms. The first kappa shape index (κ1) is 7.03. The fourth-order valence-corrected chi connectivity index (χ4v) is 1.26. The third kappa shape index (κ3) is 0.970. The minimum Gasteiger partial charge on any atom is -0.326 e. The van der Waals surface area contributed by atoms with Crippen LogP contribution in [0.1, 0.15) is 20.3 Å². The molecule has 0 amide bonds. The molecule has 0 bridgehead atoms. The quantitative estimate of drug-likeness (QED) is 0.512. The average Bonchev–Trinajstić information content (AvgIpc) is 1.96. The van der Waals surface area contributed by atoms with Crippen molar-refractivity contribution in [1.29, 1.82) is 0 Å². The fourth-order valence-electron chi connectivity index (χ4n) is 1.26. The van der Waals surface area contributed by atoms with Crippen LogP contribution in [0.25, 0.3) is 0 Å². The SMILES string of the molecule is CN1CCC(N)C1(C)C. The molecule has 2 heteroatoms. The van der Waals surface area contributed by atoms with E-state index in [1.807, 2.05) is 0 Å². The molecular weight excluding hydrogens is 112 g/mol. The van der Waals surface area contributed by atoms with Gasteiger partial charge in [-0.3, -0.25) is 4.90 Å². The molecule has 1 unspecified atom stereocenters. The van der Waals surface area contributed by atoms with Crippen LogP contribution >= 0.6 is 0 Å². The van der Waals surface area contributed by atoms with Crippen molar-refractivity contribution in [1.82, 2.24) is 4.90 Å². The maximum absolute atomic E-state index is 5.86. The molecule has 1 atom stereocenters. The van der Waals surface area contributed by atoms with Crippen LogP contribution in [-0.2, 0) is 0 Å². The maximum Gasteiger partial charge on any atom is 0.0301 e. The van der Waals surface area contributed by atoms with E-state index in [-0.39, 0.29) is 5.54 Å². The van der Waals surface area contributed by atoms with Crippen molar-refractivity contribution in [3.05, 3.63) is 0 Å². The van der Waals surface area contributed by atoms with E-state index in [0.717, 1.165) is 13.0 Å². The maximum atomic E-state index is 5.86. The van der Waals surface area contributed by atoms with Gasteiger partial charge in [-0.15, -0.1) is 0 Å². The standard InChI is InChI=1S/C7H16N2/c1-7(2)6(8)4-5-9(7)3/h6H,4-5,8H2,1-3H3. The van der Waals surface area contributed by atoms with Crippen molar-refractivity contribution in [3.8, 4) is 0 Å². The summed E-state index contributed by atoms with van der Waals surface area (Å²) in [5, 5.41) is 0. The Kier molecular flexibility index (Phi) is 1.53. The summed E-state index contributed by atoms with van der Waals surface area (Å²) in [5.74, 6) is 0. The predicted octanol–water partition coefficient (Wildman–Crippen LogP) is 0.428. The average molecular weight is 128 g/mol. The summed E-state index contributed by atoms with van der Waals surface area (Å²) in [6.45, 7) is 5.55. The lowest BCUT2D eigenvalue weighted by Gasteiger charge is -2.31. The second-order valence-corrected chi connectivity index (χ2v) is 3.47. The zero-order chi connectivity index (χ0) is 7.07. The molecule has 1 saturated heterocycles. The third-order valence-electron chi connectivity index (χ3n) is 2.67. The molecule has 2 nitrogen and oxygen atoms in total. The topological polar surface area (TPSA) is 29.3 Å². The highest BCUT2D eigenvalue weighted by molar-refractivity contribution is 4.96. The summed E-state index contributed by atoms with van der Waals surface area (Å²) >= 11 is 0. The molecule has 2 N–H and O–H groups in total. The number of hydrogen-bond acceptors (Lipinski definition) is 2. The van der Waals surface area contributed by atoms with Crippen molar-refractivity contribution in [3.63, 3.8) is 0 Å². The van der Waals surface area contributed by atoms with Crippen LogP contribution < -0.4 is 5.73 Å². The number of likely N-dealkylation sites (N-methyl/N-ethyl adjacent to an activating group) is 1. The molecule has 0 spiro atoms. The van der Waals surface area contributed by atoms with Gasteiger partial charge in [-0.25, -0.2) is 0 Å². The molecule has 0 aliphatic carbocycles. The summed E-state index contributed by atoms with van der Waals surface area (Å²) in [6.07, 6.45) is 1.14. The van der Waals surface area contributed by atoms with E-state index in [2.05, 4.69) is 25.8 Å². The molecule has 1 aliphatic heterocycles. The highest BCUT2D eigenvalue weighted by Crippen LogP contribution is 2.24. The van der Waals surface area contributed by atoms with Crippen LogP contribution in [-0.4, -0.2) is 30.1 Å². The Balaban J connectivity index is 2.66. The molecule has 1 rings (SSSR count). The van der Waals surface area contributed by atoms with Crippen molar-refractivity contribution >= 4 is 0 Å². The lowest BCUT2D eigenvalue weighted by atomic mass is 9.97. The van der Waals surface area contributed by atoms with Gasteiger partial charge in [0, 0.05) is 11.6 Å². The number of nitrogens with zero attached hydrogens (tertiary/aromatic N) is 1. The van der Waals surface area contributed by atoms with E-state index in [1.54, 1.807) is 0 Å². The Labute approximate surface area is 57.0 Å². The first-order chi connectivity index (χ1) is 4.05. The van der Waals surface area contributed by atoms with Gasteiger partial charge in [0.15, 0.2) is 0 Å². The van der Waals surface area contributed by atoms with Crippen LogP contribution in [0.15, 0.2) is 0 Å². The summed E-state index contributed by atoms with van der Waals surface area (Å²) in [4.78, 5) is 2.32. The zero-order valence-electron chi connectivity index (χ0n) is 6.52. The van der Waals surface area contributed by atoms with E-state index in [4.69, 9.17) is 5.73 Å². The van der Waals surface area contributed by atoms with E-state index in [9.17, 15) is 0 Å². The van der Waals surface area contributed by atoms with Gasteiger partial charge in [0.1, 0.15) is 0 Å². The molecule has 1 aliphatic rings. The van der Waals surface area contributed by atoms with E-state index < -0.39 is 0 Å². The second-order valence-electron chi connectivity index (χ2n) is 3.47. The van der Waals surface area contributed by atoms with Gasteiger partial charge in [-0.1, -0.05) is 0 Å². The summed E-state index contributed by atoms with van der Waals surface area (Å²) in [7, 11) is 2.13. The molecule has 0 aromatic carbocycles. The van der Waals surface area contributed by atoms with Gasteiger partial charge in [0.2, 0.25) is 0 Å². The molecule has 0 aromatic rings. The predicted molar refractivity (Wildman–Crippen MR) is 39.3 cm³/mol. The first-order valence-corrected chi connectivity index (χ1v) is 3.52. The van der Waals surface area contributed by atoms with Gasteiger partial charge in [0.05, 0.1) is 0 Å². The van der Waals surface area contributed by atoms with Gasteiger partial charge in [-0.05, 0) is 33.9 Å². The van der Waals surface area contributed by atoms with Crippen LogP contribution in [0.3, 0.4) is 0 Å². The van der Waals surface area contributed by atoms with Gasteiger partial charge in [-0.2, -0.15) is 0 Å². The molecule has 54 valence electrons. The van der Waals surface area contributed by atoms with E-state index in [1.165, 1.54) is 0 Å². The summed E-state index contributed by atoms with van der Waals surface area (Å²) < 4.78 is 0. The lowest BCUT2D eigenvalue weighted by Crippen LogP contribution is -2.46. The van der Waals surface area contributed by atoms with Crippen LogP contribution in [0.2, 0.25) is 0 Å². The number of likely N-dealkylation sites (tertiary alicyclic amines) is 1. The Bertz CT molecular complexity index is 97.5. The Morgan fingerprint density at radius 3 is 2.22 bits per heavy atom. The number of hydrogen-bond donors (Lipinski definition) is 1. The first-order valence-electron chi connectivity index (χ1n) is 3.52. The van der Waals surface area contributed by atoms with Gasteiger partial charge >= 0.3 is 0 Å². The van der Waals surface area contributed by atoms with Crippen LogP contribution in [0.5, 0.6) is 0 Å². The summed E-state index contributed by atoms with van der Waals surface area (Å²) in [6, 6.07) is 0.363. The zero-order valence-corrected chi connectivity index (χ0v) is 6.52. The monoisotopic (exact) mass is 128 g/mol. The van der Waals surface area contributed by atoms with Crippen molar-refractivity contribution in [2.75, 3.05) is 13.6 Å². The van der Waals surface area contributed by atoms with Gasteiger partial charge in [0.25, 0.3) is 0 Å². The van der Waals surface area contributed by atoms with Crippen molar-refractivity contribution < 1.29 is 0 Å². The minimum atomic E-state index is 0.222. The largest absolute Gasteiger partial charge is 0.326 e. The van der Waals surface area contributed by atoms with Crippen molar-refractivity contribution in [2.24, 2.45) is 5.73 Å². The fraction of sp³-hybridized carbons (Fsp3) is 1.00. The highest BCUT2D eigenvalue weighted by atomic mass is 15.2. The Morgan fingerprint density at radius 1 is 1.56 bits per heavy atom. The summed E-state index contributed by atoms with van der Waals surface area (Å²) in [5.41, 5.74) is 6.08. The van der Waals surface area contributed by atoms with Crippen LogP contribution in [0.4, 0.5) is 0 Å². The lowest BCUT2D eigenvalue weighted by molar-refractivity contribution is 0.202. The molecule has 0 saturated carbocycles. The minimum absolute atomic E-state index is 0.222. The number of nitrogens with two attached hydrogens (primary N) is 1.